The summed E-state index contributed by atoms with van der Waals surface area (Å²) in [5, 5.41) is 6.71. The third-order valence-corrected chi connectivity index (χ3v) is 6.32. The molecule has 0 spiro atoms. The number of fused-ring (bicyclic) bond motifs is 1. The maximum absolute atomic E-state index is 13.5. The Morgan fingerprint density at radius 2 is 1.82 bits per heavy atom. The van der Waals surface area contributed by atoms with Crippen molar-refractivity contribution in [1.82, 2.24) is 4.57 Å². The molecule has 0 saturated carbocycles. The molecule has 3 rings (SSSR count). The number of ether oxygens (including phenoxy) is 2. The number of nitrogens with zero attached hydrogens (tertiary/aromatic N) is 1. The number of rotatable bonds is 8. The van der Waals surface area contributed by atoms with Crippen molar-refractivity contribution in [2.45, 2.75) is 13.7 Å². The van der Waals surface area contributed by atoms with Crippen LogP contribution in [-0.4, -0.2) is 54.6 Å². The third-order valence-electron chi connectivity index (χ3n) is 4.69. The fraction of sp³-hybridized carbons (Fsp3) is 0.346. The Labute approximate surface area is 208 Å². The Kier molecular flexibility index (Phi) is 13.0. The van der Waals surface area contributed by atoms with Gasteiger partial charge in [-0.3, -0.25) is 0 Å². The van der Waals surface area contributed by atoms with Crippen molar-refractivity contribution in [3.63, 3.8) is 0 Å². The lowest BCUT2D eigenvalue weighted by atomic mass is 10.1. The fourth-order valence-electron chi connectivity index (χ4n) is 2.81. The normalized spacial score (nSPS) is 11.1. The second-order valence-electron chi connectivity index (χ2n) is 8.22. The van der Waals surface area contributed by atoms with Gasteiger partial charge >= 0.3 is 0 Å². The molecule has 2 aromatic carbocycles. The lowest BCUT2D eigenvalue weighted by Crippen LogP contribution is -2.09. The first-order valence-electron chi connectivity index (χ1n) is 10.5. The molecule has 0 amide bonds. The van der Waals surface area contributed by atoms with Gasteiger partial charge in [-0.1, -0.05) is 18.7 Å². The van der Waals surface area contributed by atoms with Crippen molar-refractivity contribution in [3.05, 3.63) is 71.9 Å². The highest BCUT2D eigenvalue weighted by atomic mass is 32.3. The minimum absolute atomic E-state index is 0.321. The van der Waals surface area contributed by atoms with E-state index in [9.17, 15) is 8.78 Å². The van der Waals surface area contributed by atoms with Crippen molar-refractivity contribution in [2.75, 3.05) is 44.5 Å². The zero-order valence-electron chi connectivity index (χ0n) is 20.9. The molecule has 0 fully saturated rings. The molecule has 0 saturated heterocycles. The van der Waals surface area contributed by atoms with E-state index in [1.807, 2.05) is 37.5 Å². The Hall–Kier alpha value is -2.29. The van der Waals surface area contributed by atoms with Crippen LogP contribution in [0.1, 0.15) is 11.1 Å². The minimum Gasteiger partial charge on any atom is -0.497 e. The van der Waals surface area contributed by atoms with Gasteiger partial charge in [0.15, 0.2) is 0 Å². The van der Waals surface area contributed by atoms with Gasteiger partial charge in [0.05, 0.1) is 24.8 Å². The predicted molar refractivity (Wildman–Crippen MR) is 148 cm³/mol. The molecule has 0 unspecified atom stereocenters. The standard InChI is InChI=1S/C14H19F2NOS.C10H12O.C2H5NS/c1-19(2,3)7-6-18-10-17-5-4-12-13(16)8-11(15)9-14(12)17;1-4-9-5-6-10(11-3)7-8(9)2;1-4-2-3/h4-5,8-9H,6-7,10H2,1-3H3;4-7H,1H2,2-3H3;2-3H,1H3. The van der Waals surface area contributed by atoms with E-state index in [0.717, 1.165) is 23.1 Å². The summed E-state index contributed by atoms with van der Waals surface area (Å²) in [5.41, 5.74) is 4.17. The van der Waals surface area contributed by atoms with Crippen molar-refractivity contribution in [3.8, 4) is 5.75 Å². The molecular formula is C26H36F2N2O2S2. The van der Waals surface area contributed by atoms with Crippen LogP contribution in [0.3, 0.4) is 0 Å². The quantitative estimate of drug-likeness (QED) is 0.198. The maximum Gasteiger partial charge on any atom is 0.135 e. The predicted octanol–water partition coefficient (Wildman–Crippen LogP) is 7.19. The van der Waals surface area contributed by atoms with Gasteiger partial charge in [0, 0.05) is 23.4 Å². The second kappa shape index (κ2) is 14.9. The van der Waals surface area contributed by atoms with Crippen LogP contribution in [0.4, 0.5) is 8.78 Å². The molecule has 0 aliphatic rings. The van der Waals surface area contributed by atoms with Crippen LogP contribution < -0.4 is 4.74 Å². The molecule has 1 N–H and O–H groups in total. The van der Waals surface area contributed by atoms with E-state index in [1.165, 1.54) is 28.9 Å². The number of methoxy groups -OCH3 is 1. The summed E-state index contributed by atoms with van der Waals surface area (Å²) in [6.07, 6.45) is 12.1. The Balaban J connectivity index is 0.000000325. The number of nitrogens with one attached hydrogen (secondary N) is 1. The Morgan fingerprint density at radius 1 is 1.15 bits per heavy atom. The lowest BCUT2D eigenvalue weighted by molar-refractivity contribution is 0.0927. The summed E-state index contributed by atoms with van der Waals surface area (Å²) in [6, 6.07) is 9.80. The average molecular weight is 511 g/mol. The molecule has 0 aliphatic heterocycles. The van der Waals surface area contributed by atoms with Gasteiger partial charge in [-0.05, 0) is 67.3 Å². The molecule has 0 aliphatic carbocycles. The van der Waals surface area contributed by atoms with Crippen molar-refractivity contribution in [1.29, 1.82) is 5.41 Å². The average Bonchev–Trinajstić information content (AvgIpc) is 3.19. The molecular weight excluding hydrogens is 474 g/mol. The van der Waals surface area contributed by atoms with Crippen LogP contribution >= 0.6 is 21.8 Å². The van der Waals surface area contributed by atoms with E-state index in [1.54, 1.807) is 23.9 Å². The molecule has 1 heterocycles. The van der Waals surface area contributed by atoms with E-state index >= 15 is 0 Å². The van der Waals surface area contributed by atoms with Gasteiger partial charge in [-0.15, -0.1) is 11.8 Å². The summed E-state index contributed by atoms with van der Waals surface area (Å²) in [7, 11) is 1.09. The first-order valence-corrected chi connectivity index (χ1v) is 14.8. The molecule has 0 radical (unpaired) electrons. The molecule has 34 heavy (non-hydrogen) atoms. The summed E-state index contributed by atoms with van der Waals surface area (Å²) >= 11 is 1.40. The molecule has 188 valence electrons. The van der Waals surface area contributed by atoms with Crippen LogP contribution in [0.2, 0.25) is 0 Å². The highest BCUT2D eigenvalue weighted by Crippen LogP contribution is 2.33. The van der Waals surface area contributed by atoms with Gasteiger partial charge in [0.1, 0.15) is 24.1 Å². The topological polar surface area (TPSA) is 47.2 Å². The minimum atomic E-state index is -0.575. The summed E-state index contributed by atoms with van der Waals surface area (Å²) < 4.78 is 39.1. The monoisotopic (exact) mass is 510 g/mol. The van der Waals surface area contributed by atoms with Gasteiger partial charge in [-0.25, -0.2) is 18.8 Å². The van der Waals surface area contributed by atoms with Crippen molar-refractivity contribution in [2.24, 2.45) is 0 Å². The lowest BCUT2D eigenvalue weighted by Gasteiger charge is -2.24. The van der Waals surface area contributed by atoms with Crippen LogP contribution in [0.5, 0.6) is 5.75 Å². The first kappa shape index (κ1) is 29.7. The van der Waals surface area contributed by atoms with E-state index in [4.69, 9.17) is 14.9 Å². The number of hydrogen-bond acceptors (Lipinski definition) is 4. The number of halogens is 2. The highest BCUT2D eigenvalue weighted by Gasteiger charge is 2.09. The van der Waals surface area contributed by atoms with Crippen molar-refractivity contribution < 1.29 is 18.3 Å². The third kappa shape index (κ3) is 10.3. The number of benzene rings is 2. The molecule has 3 aromatic rings. The number of thioether (sulfide) groups is 1. The van der Waals surface area contributed by atoms with Crippen LogP contribution in [0, 0.1) is 24.0 Å². The number of hydrogen-bond donors (Lipinski definition) is 1. The van der Waals surface area contributed by atoms with Gasteiger partial charge in [-0.2, -0.15) is 0 Å². The first-order chi connectivity index (χ1) is 16.1. The summed E-state index contributed by atoms with van der Waals surface area (Å²) in [5.74, 6) is 0.819. The molecule has 0 atom stereocenters. The molecule has 8 heteroatoms. The molecule has 4 nitrogen and oxygen atoms in total. The number of aryl methyl sites for hydroxylation is 1. The Morgan fingerprint density at radius 3 is 2.35 bits per heavy atom. The Bertz CT molecular complexity index is 1060. The SMILES string of the molecule is C=Cc1ccc(OC)cc1C.CS(C)(C)CCOCn1ccc2c(F)cc(F)cc21.CSC=N. The van der Waals surface area contributed by atoms with Gasteiger partial charge in [0.25, 0.3) is 0 Å². The van der Waals surface area contributed by atoms with E-state index < -0.39 is 21.7 Å². The summed E-state index contributed by atoms with van der Waals surface area (Å²) in [4.78, 5) is 0. The van der Waals surface area contributed by atoms with Crippen LogP contribution in [-0.2, 0) is 11.5 Å². The van der Waals surface area contributed by atoms with E-state index in [0.29, 0.717) is 24.2 Å². The molecule has 0 bridgehead atoms. The van der Waals surface area contributed by atoms with Crippen LogP contribution in [0.15, 0.2) is 49.2 Å². The largest absolute Gasteiger partial charge is 0.497 e. The zero-order valence-corrected chi connectivity index (χ0v) is 22.5. The van der Waals surface area contributed by atoms with Gasteiger partial charge < -0.3 is 19.5 Å². The smallest absolute Gasteiger partial charge is 0.135 e. The van der Waals surface area contributed by atoms with E-state index in [-0.39, 0.29) is 0 Å². The fourth-order valence-corrected chi connectivity index (χ4v) is 3.43. The second-order valence-corrected chi connectivity index (χ2v) is 13.5. The van der Waals surface area contributed by atoms with Gasteiger partial charge in [0.2, 0.25) is 0 Å². The van der Waals surface area contributed by atoms with E-state index in [2.05, 4.69) is 25.3 Å². The van der Waals surface area contributed by atoms with Crippen molar-refractivity contribution >= 4 is 44.3 Å². The maximum atomic E-state index is 13.5. The molecule has 1 aromatic heterocycles. The highest BCUT2D eigenvalue weighted by molar-refractivity contribution is 8.32. The zero-order chi connectivity index (χ0) is 25.7. The summed E-state index contributed by atoms with van der Waals surface area (Å²) in [6.45, 7) is 6.73. The van der Waals surface area contributed by atoms with Crippen LogP contribution in [0.25, 0.3) is 17.0 Å². The number of aromatic nitrogens is 1.